The molecule has 20 heavy (non-hydrogen) atoms. The van der Waals surface area contributed by atoms with Crippen LogP contribution >= 0.6 is 23.2 Å². The first-order valence-electron chi connectivity index (χ1n) is 6.43. The maximum Gasteiger partial charge on any atom is 0.309 e. The maximum atomic E-state index is 12.0. The highest BCUT2D eigenvalue weighted by atomic mass is 35.5. The molecule has 2 rings (SSSR count). The van der Waals surface area contributed by atoms with E-state index >= 15 is 0 Å². The van der Waals surface area contributed by atoms with Gasteiger partial charge in [0.15, 0.2) is 0 Å². The highest BCUT2D eigenvalue weighted by Gasteiger charge is 2.44. The molecule has 2 atom stereocenters. The van der Waals surface area contributed by atoms with E-state index in [1.165, 1.54) is 0 Å². The number of nitrogens with zero attached hydrogens (tertiary/aromatic N) is 1. The highest BCUT2D eigenvalue weighted by molar-refractivity contribution is 6.35. The Morgan fingerprint density at radius 1 is 1.45 bits per heavy atom. The van der Waals surface area contributed by atoms with E-state index in [1.54, 1.807) is 23.1 Å². The van der Waals surface area contributed by atoms with E-state index in [0.717, 1.165) is 6.42 Å². The third kappa shape index (κ3) is 2.76. The summed E-state index contributed by atoms with van der Waals surface area (Å²) in [6, 6.07) is 4.41. The van der Waals surface area contributed by atoms with Crippen molar-refractivity contribution in [3.8, 4) is 0 Å². The van der Waals surface area contributed by atoms with Crippen LogP contribution in [-0.4, -0.2) is 28.4 Å². The molecule has 1 aromatic carbocycles. The van der Waals surface area contributed by atoms with Crippen LogP contribution in [0.4, 0.5) is 0 Å². The molecule has 1 N–H and O–H groups in total. The van der Waals surface area contributed by atoms with Crippen molar-refractivity contribution in [3.05, 3.63) is 33.8 Å². The van der Waals surface area contributed by atoms with E-state index in [4.69, 9.17) is 23.2 Å². The zero-order valence-corrected chi connectivity index (χ0v) is 12.5. The number of hydrogen-bond donors (Lipinski definition) is 1. The van der Waals surface area contributed by atoms with Gasteiger partial charge in [0, 0.05) is 23.0 Å². The van der Waals surface area contributed by atoms with Crippen molar-refractivity contribution in [2.24, 2.45) is 5.92 Å². The molecule has 0 bridgehead atoms. The fourth-order valence-electron chi connectivity index (χ4n) is 2.64. The lowest BCUT2D eigenvalue weighted by Crippen LogP contribution is -2.31. The fraction of sp³-hybridized carbons (Fsp3) is 0.429. The van der Waals surface area contributed by atoms with Crippen molar-refractivity contribution in [2.45, 2.75) is 25.8 Å². The second-order valence-corrected chi connectivity index (χ2v) is 5.69. The van der Waals surface area contributed by atoms with Crippen molar-refractivity contribution in [2.75, 3.05) is 6.54 Å². The van der Waals surface area contributed by atoms with Gasteiger partial charge in [0.2, 0.25) is 5.91 Å². The van der Waals surface area contributed by atoms with Crippen molar-refractivity contribution < 1.29 is 14.7 Å². The maximum absolute atomic E-state index is 12.0. The van der Waals surface area contributed by atoms with Gasteiger partial charge in [-0.25, -0.2) is 0 Å². The molecule has 1 fully saturated rings. The number of halogens is 2. The average molecular weight is 316 g/mol. The summed E-state index contributed by atoms with van der Waals surface area (Å²) in [5.41, 5.74) is 0.641. The Morgan fingerprint density at radius 3 is 2.70 bits per heavy atom. The Balaban J connectivity index is 2.46. The molecule has 0 aromatic heterocycles. The van der Waals surface area contributed by atoms with E-state index in [1.807, 2.05) is 6.92 Å². The molecule has 108 valence electrons. The zero-order valence-electron chi connectivity index (χ0n) is 11.0. The molecule has 0 saturated carbocycles. The number of aliphatic carboxylic acids is 1. The number of carbonyl (C=O) groups excluding carboxylic acids is 1. The van der Waals surface area contributed by atoms with E-state index in [0.29, 0.717) is 22.2 Å². The Labute approximate surface area is 127 Å². The predicted molar refractivity (Wildman–Crippen MR) is 76.9 cm³/mol. The minimum atomic E-state index is -0.979. The van der Waals surface area contributed by atoms with Crippen LogP contribution in [0.15, 0.2) is 18.2 Å². The summed E-state index contributed by atoms with van der Waals surface area (Å²) >= 11 is 12.0. The largest absolute Gasteiger partial charge is 0.481 e. The molecular weight excluding hydrogens is 301 g/mol. The number of carboxylic acids is 1. The third-order valence-electron chi connectivity index (χ3n) is 3.49. The minimum Gasteiger partial charge on any atom is -0.481 e. The topological polar surface area (TPSA) is 57.6 Å². The molecule has 1 aliphatic rings. The van der Waals surface area contributed by atoms with E-state index < -0.39 is 17.9 Å². The van der Waals surface area contributed by atoms with Gasteiger partial charge in [-0.2, -0.15) is 0 Å². The third-order valence-corrected chi connectivity index (χ3v) is 4.06. The van der Waals surface area contributed by atoms with Crippen LogP contribution in [0, 0.1) is 5.92 Å². The smallest absolute Gasteiger partial charge is 0.309 e. The molecule has 0 aliphatic carbocycles. The predicted octanol–water partition coefficient (Wildman–Crippen LogP) is 3.38. The van der Waals surface area contributed by atoms with Gasteiger partial charge in [-0.15, -0.1) is 0 Å². The Kier molecular flexibility index (Phi) is 4.55. The van der Waals surface area contributed by atoms with Gasteiger partial charge in [0.25, 0.3) is 0 Å². The lowest BCUT2D eigenvalue weighted by molar-refractivity contribution is -0.142. The summed E-state index contributed by atoms with van der Waals surface area (Å²) in [7, 11) is 0. The quantitative estimate of drug-likeness (QED) is 0.926. The van der Waals surface area contributed by atoms with Crippen LogP contribution in [0.25, 0.3) is 0 Å². The first-order chi connectivity index (χ1) is 9.45. The highest BCUT2D eigenvalue weighted by Crippen LogP contribution is 2.41. The van der Waals surface area contributed by atoms with Gasteiger partial charge in [0.05, 0.1) is 12.0 Å². The normalized spacial score (nSPS) is 22.4. The first-order valence-corrected chi connectivity index (χ1v) is 7.18. The second kappa shape index (κ2) is 6.02. The second-order valence-electron chi connectivity index (χ2n) is 4.85. The summed E-state index contributed by atoms with van der Waals surface area (Å²) in [5.74, 6) is -1.89. The number of benzene rings is 1. The molecule has 1 aliphatic heterocycles. The SMILES string of the molecule is CCCN1C(=O)CC(C(=O)O)C1c1ccc(Cl)cc1Cl. The summed E-state index contributed by atoms with van der Waals surface area (Å²) in [6.07, 6.45) is 0.777. The molecule has 4 nitrogen and oxygen atoms in total. The molecule has 1 amide bonds. The van der Waals surface area contributed by atoms with Gasteiger partial charge in [0.1, 0.15) is 0 Å². The molecule has 1 saturated heterocycles. The summed E-state index contributed by atoms with van der Waals surface area (Å²) in [4.78, 5) is 25.1. The molecule has 1 heterocycles. The Morgan fingerprint density at radius 2 is 2.15 bits per heavy atom. The van der Waals surface area contributed by atoms with E-state index in [9.17, 15) is 14.7 Å². The van der Waals surface area contributed by atoms with Gasteiger partial charge < -0.3 is 10.0 Å². The number of carbonyl (C=O) groups is 2. The summed E-state index contributed by atoms with van der Waals surface area (Å²) in [6.45, 7) is 2.47. The molecule has 2 unspecified atom stereocenters. The van der Waals surface area contributed by atoms with Crippen molar-refractivity contribution in [1.82, 2.24) is 4.90 Å². The van der Waals surface area contributed by atoms with Gasteiger partial charge in [-0.3, -0.25) is 9.59 Å². The van der Waals surface area contributed by atoms with Gasteiger partial charge >= 0.3 is 5.97 Å². The zero-order chi connectivity index (χ0) is 14.9. The van der Waals surface area contributed by atoms with Gasteiger partial charge in [-0.1, -0.05) is 36.2 Å². The molecule has 6 heteroatoms. The number of hydrogen-bond acceptors (Lipinski definition) is 2. The van der Waals surface area contributed by atoms with Crippen LogP contribution in [0.3, 0.4) is 0 Å². The van der Waals surface area contributed by atoms with Crippen LogP contribution in [0.5, 0.6) is 0 Å². The number of rotatable bonds is 4. The number of likely N-dealkylation sites (tertiary alicyclic amines) is 1. The lowest BCUT2D eigenvalue weighted by atomic mass is 9.93. The minimum absolute atomic E-state index is 0.0129. The molecular formula is C14H15Cl2NO3. The van der Waals surface area contributed by atoms with Crippen molar-refractivity contribution in [3.63, 3.8) is 0 Å². The van der Waals surface area contributed by atoms with E-state index in [-0.39, 0.29) is 12.3 Å². The fourth-order valence-corrected chi connectivity index (χ4v) is 3.16. The average Bonchev–Trinajstić information content (AvgIpc) is 2.68. The van der Waals surface area contributed by atoms with Crippen LogP contribution in [0.1, 0.15) is 31.4 Å². The Bertz CT molecular complexity index is 547. The first kappa shape index (κ1) is 15.1. The van der Waals surface area contributed by atoms with Crippen LogP contribution in [-0.2, 0) is 9.59 Å². The van der Waals surface area contributed by atoms with Crippen LogP contribution in [0.2, 0.25) is 10.0 Å². The molecule has 0 radical (unpaired) electrons. The summed E-state index contributed by atoms with van der Waals surface area (Å²) in [5, 5.41) is 10.2. The van der Waals surface area contributed by atoms with Gasteiger partial charge in [-0.05, 0) is 24.1 Å². The van der Waals surface area contributed by atoms with Crippen molar-refractivity contribution in [1.29, 1.82) is 0 Å². The Hall–Kier alpha value is -1.26. The summed E-state index contributed by atoms with van der Waals surface area (Å²) < 4.78 is 0. The number of amides is 1. The molecule has 0 spiro atoms. The van der Waals surface area contributed by atoms with E-state index in [2.05, 4.69) is 0 Å². The number of carboxylic acid groups (broad SMARTS) is 1. The lowest BCUT2D eigenvalue weighted by Gasteiger charge is -2.27. The standard InChI is InChI=1S/C14H15Cl2NO3/c1-2-5-17-12(18)7-10(14(19)20)13(17)9-4-3-8(15)6-11(9)16/h3-4,6,10,13H,2,5,7H2,1H3,(H,19,20). The molecule has 1 aromatic rings. The van der Waals surface area contributed by atoms with Crippen LogP contribution < -0.4 is 0 Å². The monoisotopic (exact) mass is 315 g/mol. The van der Waals surface area contributed by atoms with Crippen molar-refractivity contribution >= 4 is 35.1 Å².